The van der Waals surface area contributed by atoms with E-state index < -0.39 is 6.03 Å². The van der Waals surface area contributed by atoms with Crippen LogP contribution in [0.4, 0.5) is 16.2 Å². The Labute approximate surface area is 120 Å². The molecule has 1 aromatic carbocycles. The lowest BCUT2D eigenvalue weighted by molar-refractivity contribution is -0.120. The highest BCUT2D eigenvalue weighted by molar-refractivity contribution is 6.01. The zero-order valence-electron chi connectivity index (χ0n) is 12.4. The van der Waals surface area contributed by atoms with Gasteiger partial charge in [0.1, 0.15) is 0 Å². The van der Waals surface area contributed by atoms with Crippen molar-refractivity contribution in [2.75, 3.05) is 24.3 Å². The Balaban J connectivity index is 2.40. The Morgan fingerprint density at radius 3 is 2.30 bits per heavy atom. The van der Waals surface area contributed by atoms with Crippen LogP contribution in [0.3, 0.4) is 0 Å². The van der Waals surface area contributed by atoms with Gasteiger partial charge in [0, 0.05) is 31.9 Å². The summed E-state index contributed by atoms with van der Waals surface area (Å²) in [5.41, 5.74) is 1.71. The molecule has 110 valence electrons. The Morgan fingerprint density at radius 2 is 1.75 bits per heavy atom. The molecule has 20 heavy (non-hydrogen) atoms. The van der Waals surface area contributed by atoms with Crippen molar-refractivity contribution in [1.82, 2.24) is 5.32 Å². The van der Waals surface area contributed by atoms with Gasteiger partial charge in [-0.15, -0.1) is 0 Å². The van der Waals surface area contributed by atoms with E-state index in [0.717, 1.165) is 24.9 Å². The number of hydrogen-bond donors (Lipinski definition) is 2. The first-order valence-corrected chi connectivity index (χ1v) is 6.91. The first-order chi connectivity index (χ1) is 9.52. The van der Waals surface area contributed by atoms with Crippen molar-refractivity contribution >= 4 is 23.3 Å². The molecule has 0 unspecified atom stereocenters. The smallest absolute Gasteiger partial charge is 0.325 e. The molecule has 0 bridgehead atoms. The molecule has 3 amide bonds. The number of nitrogens with one attached hydrogen (secondary N) is 2. The lowest BCUT2D eigenvalue weighted by Crippen LogP contribution is -2.34. The van der Waals surface area contributed by atoms with Gasteiger partial charge >= 0.3 is 6.03 Å². The van der Waals surface area contributed by atoms with Gasteiger partial charge in [-0.25, -0.2) is 4.79 Å². The highest BCUT2D eigenvalue weighted by Crippen LogP contribution is 2.15. The molecule has 0 atom stereocenters. The van der Waals surface area contributed by atoms with Crippen LogP contribution in [0.1, 0.15) is 32.6 Å². The summed E-state index contributed by atoms with van der Waals surface area (Å²) in [5, 5.41) is 4.97. The van der Waals surface area contributed by atoms with Crippen LogP contribution in [0, 0.1) is 0 Å². The Bertz CT molecular complexity index is 441. The van der Waals surface area contributed by atoms with Gasteiger partial charge in [-0.1, -0.05) is 19.8 Å². The normalized spacial score (nSPS) is 9.95. The molecule has 5 heteroatoms. The molecule has 1 aromatic rings. The number of unbranched alkanes of at least 4 members (excludes halogenated alkanes) is 2. The zero-order chi connectivity index (χ0) is 15.0. The number of hydrogen-bond acceptors (Lipinski definition) is 3. The number of nitrogens with zero attached hydrogens (tertiary/aromatic N) is 1. The van der Waals surface area contributed by atoms with E-state index in [0.29, 0.717) is 12.1 Å². The number of benzene rings is 1. The average Bonchev–Trinajstić information content (AvgIpc) is 2.39. The van der Waals surface area contributed by atoms with Gasteiger partial charge in [0.25, 0.3) is 0 Å². The van der Waals surface area contributed by atoms with Crippen molar-refractivity contribution in [3.63, 3.8) is 0 Å². The van der Waals surface area contributed by atoms with E-state index in [9.17, 15) is 9.59 Å². The van der Waals surface area contributed by atoms with Gasteiger partial charge in [-0.05, 0) is 30.7 Å². The molecule has 0 radical (unpaired) electrons. The number of rotatable bonds is 6. The van der Waals surface area contributed by atoms with E-state index in [2.05, 4.69) is 17.6 Å². The topological polar surface area (TPSA) is 61.4 Å². The second kappa shape index (κ2) is 8.19. The van der Waals surface area contributed by atoms with Gasteiger partial charge in [0.15, 0.2) is 0 Å². The van der Waals surface area contributed by atoms with Crippen LogP contribution in [-0.4, -0.2) is 26.0 Å². The van der Waals surface area contributed by atoms with E-state index in [1.165, 1.54) is 0 Å². The second-order valence-corrected chi connectivity index (χ2v) is 4.90. The van der Waals surface area contributed by atoms with Crippen LogP contribution in [0.2, 0.25) is 0 Å². The molecule has 0 saturated heterocycles. The molecule has 0 heterocycles. The molecule has 0 aliphatic carbocycles. The third kappa shape index (κ3) is 5.73. The Hall–Kier alpha value is -2.04. The van der Waals surface area contributed by atoms with E-state index in [1.807, 2.05) is 31.1 Å². The van der Waals surface area contributed by atoms with Crippen LogP contribution >= 0.6 is 0 Å². The number of urea groups is 1. The third-order valence-electron chi connectivity index (χ3n) is 2.90. The minimum Gasteiger partial charge on any atom is -0.378 e. The van der Waals surface area contributed by atoms with Crippen LogP contribution in [0.5, 0.6) is 0 Å². The molecule has 0 spiro atoms. The summed E-state index contributed by atoms with van der Waals surface area (Å²) < 4.78 is 0. The van der Waals surface area contributed by atoms with E-state index in [4.69, 9.17) is 0 Å². The Morgan fingerprint density at radius 1 is 1.10 bits per heavy atom. The number of carbonyl (C=O) groups excluding carboxylic acids is 2. The molecule has 0 aromatic heterocycles. The fourth-order valence-corrected chi connectivity index (χ4v) is 1.73. The number of imide groups is 1. The fraction of sp³-hybridized carbons (Fsp3) is 0.467. The lowest BCUT2D eigenvalue weighted by atomic mass is 10.2. The SMILES string of the molecule is CCCCCC(=O)NC(=O)Nc1ccc(N(C)C)cc1. The molecule has 1 rings (SSSR count). The van der Waals surface area contributed by atoms with Crippen molar-refractivity contribution in [2.24, 2.45) is 0 Å². The Kier molecular flexibility index (Phi) is 6.56. The number of carbonyl (C=O) groups is 2. The summed E-state index contributed by atoms with van der Waals surface area (Å²) in [6.45, 7) is 2.07. The number of anilines is 2. The highest BCUT2D eigenvalue weighted by atomic mass is 16.2. The fourth-order valence-electron chi connectivity index (χ4n) is 1.73. The average molecular weight is 277 g/mol. The van der Waals surface area contributed by atoms with Crippen molar-refractivity contribution in [2.45, 2.75) is 32.6 Å². The van der Waals surface area contributed by atoms with Crippen molar-refractivity contribution in [1.29, 1.82) is 0 Å². The number of amides is 3. The predicted octanol–water partition coefficient (Wildman–Crippen LogP) is 2.98. The molecule has 2 N–H and O–H groups in total. The van der Waals surface area contributed by atoms with Crippen molar-refractivity contribution in [3.05, 3.63) is 24.3 Å². The largest absolute Gasteiger partial charge is 0.378 e. The minimum atomic E-state index is -0.482. The van der Waals surface area contributed by atoms with Gasteiger partial charge < -0.3 is 10.2 Å². The van der Waals surface area contributed by atoms with E-state index in [1.54, 1.807) is 12.1 Å². The molecular weight excluding hydrogens is 254 g/mol. The first kappa shape index (κ1) is 16.0. The summed E-state index contributed by atoms with van der Waals surface area (Å²) in [6, 6.07) is 6.92. The molecule has 0 saturated carbocycles. The summed E-state index contributed by atoms with van der Waals surface area (Å²) >= 11 is 0. The quantitative estimate of drug-likeness (QED) is 0.786. The van der Waals surface area contributed by atoms with Gasteiger partial charge in [-0.2, -0.15) is 0 Å². The highest BCUT2D eigenvalue weighted by Gasteiger charge is 2.07. The van der Waals surface area contributed by atoms with Crippen LogP contribution < -0.4 is 15.5 Å². The maximum Gasteiger partial charge on any atom is 0.325 e. The monoisotopic (exact) mass is 277 g/mol. The van der Waals surface area contributed by atoms with Crippen LogP contribution in [0.25, 0.3) is 0 Å². The predicted molar refractivity (Wildman–Crippen MR) is 82.1 cm³/mol. The van der Waals surface area contributed by atoms with E-state index >= 15 is 0 Å². The van der Waals surface area contributed by atoms with Crippen LogP contribution in [0.15, 0.2) is 24.3 Å². The molecule has 5 nitrogen and oxygen atoms in total. The molecular formula is C15H23N3O2. The van der Waals surface area contributed by atoms with Crippen LogP contribution in [-0.2, 0) is 4.79 Å². The van der Waals surface area contributed by atoms with Crippen molar-refractivity contribution in [3.8, 4) is 0 Å². The first-order valence-electron chi connectivity index (χ1n) is 6.91. The third-order valence-corrected chi connectivity index (χ3v) is 2.90. The van der Waals surface area contributed by atoms with Gasteiger partial charge in [0.05, 0.1) is 0 Å². The molecule has 0 fully saturated rings. The molecule has 0 aliphatic heterocycles. The maximum atomic E-state index is 11.6. The zero-order valence-corrected chi connectivity index (χ0v) is 12.4. The summed E-state index contributed by atoms with van der Waals surface area (Å²) in [5.74, 6) is -0.235. The summed E-state index contributed by atoms with van der Waals surface area (Å²) in [6.07, 6.45) is 3.26. The summed E-state index contributed by atoms with van der Waals surface area (Å²) in [7, 11) is 3.90. The maximum absolute atomic E-state index is 11.6. The summed E-state index contributed by atoms with van der Waals surface area (Å²) in [4.78, 5) is 25.1. The van der Waals surface area contributed by atoms with Gasteiger partial charge in [-0.3, -0.25) is 10.1 Å². The minimum absolute atomic E-state index is 0.235. The van der Waals surface area contributed by atoms with E-state index in [-0.39, 0.29) is 5.91 Å². The second-order valence-electron chi connectivity index (χ2n) is 4.90. The van der Waals surface area contributed by atoms with Gasteiger partial charge in [0.2, 0.25) is 5.91 Å². The standard InChI is InChI=1S/C15H23N3O2/c1-4-5-6-7-14(19)17-15(20)16-12-8-10-13(11-9-12)18(2)3/h8-11H,4-7H2,1-3H3,(H2,16,17,19,20). The lowest BCUT2D eigenvalue weighted by Gasteiger charge is -2.13. The van der Waals surface area contributed by atoms with Crippen molar-refractivity contribution < 1.29 is 9.59 Å². The molecule has 0 aliphatic rings.